The third-order valence-corrected chi connectivity index (χ3v) is 1.54. The Hall–Kier alpha value is -1.58. The molecule has 0 aliphatic rings. The van der Waals surface area contributed by atoms with Gasteiger partial charge in [-0.2, -0.15) is 0 Å². The molecule has 0 bridgehead atoms. The number of hydrogen-bond donors (Lipinski definition) is 1. The van der Waals surface area contributed by atoms with E-state index in [-0.39, 0.29) is 5.75 Å². The van der Waals surface area contributed by atoms with Crippen LogP contribution in [0.3, 0.4) is 0 Å². The highest BCUT2D eigenvalue weighted by Crippen LogP contribution is 2.30. The van der Waals surface area contributed by atoms with Gasteiger partial charge in [0.2, 0.25) is 0 Å². The van der Waals surface area contributed by atoms with Gasteiger partial charge in [0.15, 0.2) is 0 Å². The van der Waals surface area contributed by atoms with E-state index in [4.69, 9.17) is 5.11 Å². The summed E-state index contributed by atoms with van der Waals surface area (Å²) in [5.41, 5.74) is 0.947. The topological polar surface area (TPSA) is 52.9 Å². The normalized spacial score (nSPS) is 9.50. The minimum absolute atomic E-state index is 0.131. The van der Waals surface area contributed by atoms with E-state index in [1.165, 1.54) is 18.2 Å². The second-order valence-electron chi connectivity index (χ2n) is 2.66. The fraction of sp³-hybridized carbons (Fsp3) is 0.250. The molecule has 0 aromatic heterocycles. The van der Waals surface area contributed by atoms with Crippen LogP contribution < -0.4 is 4.90 Å². The van der Waals surface area contributed by atoms with Crippen molar-refractivity contribution in [1.82, 2.24) is 0 Å². The second kappa shape index (κ2) is 3.21. The number of hydrogen-bond acceptors (Lipinski definition) is 4. The predicted molar refractivity (Wildman–Crippen MR) is 47.9 cm³/mol. The Labute approximate surface area is 70.4 Å². The smallest absolute Gasteiger partial charge is 0.131 e. The molecule has 0 unspecified atom stereocenters. The van der Waals surface area contributed by atoms with Crippen molar-refractivity contribution in [2.45, 2.75) is 0 Å². The Kier molecular flexibility index (Phi) is 2.28. The van der Waals surface area contributed by atoms with E-state index >= 15 is 0 Å². The average Bonchev–Trinajstić information content (AvgIpc) is 2.04. The SMILES string of the molecule is CN(C)c1cc(O)ccc1N=O. The summed E-state index contributed by atoms with van der Waals surface area (Å²) in [7, 11) is 3.56. The monoisotopic (exact) mass is 166 g/mol. The first-order chi connectivity index (χ1) is 5.65. The van der Waals surface area contributed by atoms with Crippen LogP contribution in [0.15, 0.2) is 23.4 Å². The lowest BCUT2D eigenvalue weighted by Crippen LogP contribution is -2.08. The molecule has 4 nitrogen and oxygen atoms in total. The summed E-state index contributed by atoms with van der Waals surface area (Å²) in [6.07, 6.45) is 0. The zero-order chi connectivity index (χ0) is 9.14. The minimum Gasteiger partial charge on any atom is -0.508 e. The molecular formula is C8H10N2O2. The summed E-state index contributed by atoms with van der Waals surface area (Å²) in [6, 6.07) is 4.41. The van der Waals surface area contributed by atoms with Gasteiger partial charge >= 0.3 is 0 Å². The highest BCUT2D eigenvalue weighted by molar-refractivity contribution is 5.68. The van der Waals surface area contributed by atoms with Gasteiger partial charge in [0.25, 0.3) is 0 Å². The predicted octanol–water partition coefficient (Wildman–Crippen LogP) is 1.86. The van der Waals surface area contributed by atoms with Crippen molar-refractivity contribution in [2.24, 2.45) is 5.18 Å². The molecule has 0 aliphatic carbocycles. The molecule has 0 saturated carbocycles. The highest BCUT2D eigenvalue weighted by Gasteiger charge is 2.04. The van der Waals surface area contributed by atoms with E-state index < -0.39 is 0 Å². The lowest BCUT2D eigenvalue weighted by molar-refractivity contribution is 0.475. The zero-order valence-electron chi connectivity index (χ0n) is 6.98. The summed E-state index contributed by atoms with van der Waals surface area (Å²) in [5, 5.41) is 11.9. The van der Waals surface area contributed by atoms with Gasteiger partial charge in [-0.15, -0.1) is 4.91 Å². The molecule has 1 rings (SSSR count). The molecular weight excluding hydrogens is 156 g/mol. The molecule has 0 aliphatic heterocycles. The molecule has 64 valence electrons. The molecule has 0 saturated heterocycles. The van der Waals surface area contributed by atoms with Crippen LogP contribution in [-0.2, 0) is 0 Å². The van der Waals surface area contributed by atoms with Crippen LogP contribution in [0.2, 0.25) is 0 Å². The molecule has 0 radical (unpaired) electrons. The van der Waals surface area contributed by atoms with E-state index in [2.05, 4.69) is 5.18 Å². The Balaban J connectivity index is 3.21. The van der Waals surface area contributed by atoms with Crippen LogP contribution in [-0.4, -0.2) is 19.2 Å². The van der Waals surface area contributed by atoms with Gasteiger partial charge in [-0.3, -0.25) is 0 Å². The van der Waals surface area contributed by atoms with E-state index in [1.807, 2.05) is 0 Å². The number of nitroso groups, excluding NO2 is 1. The van der Waals surface area contributed by atoms with Crippen molar-refractivity contribution in [1.29, 1.82) is 0 Å². The highest BCUT2D eigenvalue weighted by atomic mass is 16.3. The van der Waals surface area contributed by atoms with Crippen molar-refractivity contribution in [3.8, 4) is 5.75 Å². The van der Waals surface area contributed by atoms with Gasteiger partial charge in [0.1, 0.15) is 11.4 Å². The third-order valence-electron chi connectivity index (χ3n) is 1.54. The van der Waals surface area contributed by atoms with E-state index in [1.54, 1.807) is 19.0 Å². The average molecular weight is 166 g/mol. The molecule has 0 amide bonds. The molecule has 0 fully saturated rings. The van der Waals surface area contributed by atoms with Crippen molar-refractivity contribution in [3.63, 3.8) is 0 Å². The molecule has 0 heterocycles. The third kappa shape index (κ3) is 1.53. The molecule has 12 heavy (non-hydrogen) atoms. The number of nitrogens with zero attached hydrogens (tertiary/aromatic N) is 2. The Morgan fingerprint density at radius 2 is 2.08 bits per heavy atom. The van der Waals surface area contributed by atoms with Gasteiger partial charge in [0, 0.05) is 20.2 Å². The van der Waals surface area contributed by atoms with Crippen LogP contribution in [0.5, 0.6) is 5.75 Å². The summed E-state index contributed by atoms with van der Waals surface area (Å²) >= 11 is 0. The summed E-state index contributed by atoms with van der Waals surface area (Å²) in [4.78, 5) is 12.0. The van der Waals surface area contributed by atoms with Crippen molar-refractivity contribution < 1.29 is 5.11 Å². The maximum Gasteiger partial charge on any atom is 0.131 e. The first-order valence-electron chi connectivity index (χ1n) is 3.49. The van der Waals surface area contributed by atoms with Gasteiger partial charge < -0.3 is 10.0 Å². The first kappa shape index (κ1) is 8.52. The van der Waals surface area contributed by atoms with Gasteiger partial charge in [-0.1, -0.05) is 0 Å². The standard InChI is InChI=1S/C8H10N2O2/c1-10(2)8-5-6(11)3-4-7(8)9-12/h3-5,11H,1-2H3. The zero-order valence-corrected chi connectivity index (χ0v) is 6.98. The number of phenols is 1. The lowest BCUT2D eigenvalue weighted by Gasteiger charge is -2.13. The molecule has 0 spiro atoms. The van der Waals surface area contributed by atoms with Crippen molar-refractivity contribution >= 4 is 11.4 Å². The number of rotatable bonds is 2. The van der Waals surface area contributed by atoms with Crippen LogP contribution in [0, 0.1) is 4.91 Å². The van der Waals surface area contributed by atoms with Crippen LogP contribution >= 0.6 is 0 Å². The minimum atomic E-state index is 0.131. The Morgan fingerprint density at radius 3 is 2.58 bits per heavy atom. The maximum absolute atomic E-state index is 10.3. The maximum atomic E-state index is 10.3. The van der Waals surface area contributed by atoms with E-state index in [9.17, 15) is 4.91 Å². The molecule has 1 aromatic rings. The second-order valence-corrected chi connectivity index (χ2v) is 2.66. The Morgan fingerprint density at radius 1 is 1.42 bits per heavy atom. The van der Waals surface area contributed by atoms with Crippen molar-refractivity contribution in [3.05, 3.63) is 23.1 Å². The Bertz CT molecular complexity index is 297. The van der Waals surface area contributed by atoms with Crippen molar-refractivity contribution in [2.75, 3.05) is 19.0 Å². The first-order valence-corrected chi connectivity index (χ1v) is 3.49. The summed E-state index contributed by atoms with van der Waals surface area (Å²) < 4.78 is 0. The van der Waals surface area contributed by atoms with Crippen LogP contribution in [0.4, 0.5) is 11.4 Å². The molecule has 1 aromatic carbocycles. The number of aromatic hydroxyl groups is 1. The molecule has 0 atom stereocenters. The van der Waals surface area contributed by atoms with Crippen LogP contribution in [0.25, 0.3) is 0 Å². The van der Waals surface area contributed by atoms with E-state index in [0.29, 0.717) is 11.4 Å². The molecule has 1 N–H and O–H groups in total. The van der Waals surface area contributed by atoms with Crippen LogP contribution in [0.1, 0.15) is 0 Å². The number of benzene rings is 1. The largest absolute Gasteiger partial charge is 0.508 e. The summed E-state index contributed by atoms with van der Waals surface area (Å²) in [5.74, 6) is 0.131. The van der Waals surface area contributed by atoms with E-state index in [0.717, 1.165) is 0 Å². The fourth-order valence-corrected chi connectivity index (χ4v) is 0.947. The summed E-state index contributed by atoms with van der Waals surface area (Å²) in [6.45, 7) is 0. The number of phenolic OH excluding ortho intramolecular Hbond substituents is 1. The van der Waals surface area contributed by atoms with Gasteiger partial charge in [0.05, 0.1) is 5.69 Å². The van der Waals surface area contributed by atoms with Gasteiger partial charge in [-0.05, 0) is 17.3 Å². The van der Waals surface area contributed by atoms with Gasteiger partial charge in [-0.25, -0.2) is 0 Å². The fourth-order valence-electron chi connectivity index (χ4n) is 0.947. The number of anilines is 1. The lowest BCUT2D eigenvalue weighted by atomic mass is 10.2. The quantitative estimate of drug-likeness (QED) is 0.682. The molecule has 4 heteroatoms.